The van der Waals surface area contributed by atoms with Gasteiger partial charge < -0.3 is 9.72 Å². The number of rotatable bonds is 4. The highest BCUT2D eigenvalue weighted by Crippen LogP contribution is 2.27. The van der Waals surface area contributed by atoms with E-state index in [9.17, 15) is 0 Å². The van der Waals surface area contributed by atoms with Crippen LogP contribution in [0.15, 0.2) is 30.6 Å². The molecule has 17 heavy (non-hydrogen) atoms. The first-order chi connectivity index (χ1) is 8.22. The van der Waals surface area contributed by atoms with E-state index in [-0.39, 0.29) is 6.10 Å². The Bertz CT molecular complexity index is 477. The second-order valence-corrected chi connectivity index (χ2v) is 4.19. The van der Waals surface area contributed by atoms with Gasteiger partial charge in [0.15, 0.2) is 6.10 Å². The van der Waals surface area contributed by atoms with Gasteiger partial charge in [-0.15, -0.1) is 0 Å². The molecule has 0 radical (unpaired) electrons. The summed E-state index contributed by atoms with van der Waals surface area (Å²) >= 11 is 0. The van der Waals surface area contributed by atoms with E-state index in [1.54, 1.807) is 6.20 Å². The number of ether oxygens (including phenoxy) is 1. The van der Waals surface area contributed by atoms with E-state index in [0.29, 0.717) is 0 Å². The molecule has 0 saturated carbocycles. The first-order valence-electron chi connectivity index (χ1n) is 5.94. The second kappa shape index (κ2) is 5.04. The smallest absolute Gasteiger partial charge is 0.156 e. The van der Waals surface area contributed by atoms with E-state index in [2.05, 4.69) is 36.8 Å². The molecule has 1 heterocycles. The molecule has 1 atom stereocenters. The number of imidazole rings is 1. The fourth-order valence-electron chi connectivity index (χ4n) is 1.79. The summed E-state index contributed by atoms with van der Waals surface area (Å²) < 4.78 is 6.03. The fourth-order valence-corrected chi connectivity index (χ4v) is 1.79. The lowest BCUT2D eigenvalue weighted by molar-refractivity contribution is 0.191. The maximum atomic E-state index is 6.03. The molecule has 0 aliphatic heterocycles. The van der Waals surface area contributed by atoms with Gasteiger partial charge in [0.1, 0.15) is 11.6 Å². The van der Waals surface area contributed by atoms with Gasteiger partial charge >= 0.3 is 0 Å². The Morgan fingerprint density at radius 2 is 2.18 bits per heavy atom. The van der Waals surface area contributed by atoms with Gasteiger partial charge in [-0.3, -0.25) is 0 Å². The Morgan fingerprint density at radius 3 is 2.82 bits per heavy atom. The summed E-state index contributed by atoms with van der Waals surface area (Å²) in [4.78, 5) is 7.36. The molecule has 0 aliphatic carbocycles. The molecule has 1 aromatic carbocycles. The number of aromatic nitrogens is 2. The number of nitrogens with one attached hydrogen (secondary N) is 1. The number of aryl methyl sites for hydroxylation is 1. The van der Waals surface area contributed by atoms with Gasteiger partial charge in [-0.05, 0) is 37.5 Å². The highest BCUT2D eigenvalue weighted by atomic mass is 16.5. The third-order valence-electron chi connectivity index (χ3n) is 3.02. The molecule has 3 heteroatoms. The van der Waals surface area contributed by atoms with Gasteiger partial charge in [0.05, 0.1) is 0 Å². The molecule has 90 valence electrons. The average molecular weight is 230 g/mol. The zero-order chi connectivity index (χ0) is 12.3. The van der Waals surface area contributed by atoms with Crippen molar-refractivity contribution in [2.24, 2.45) is 0 Å². The van der Waals surface area contributed by atoms with E-state index >= 15 is 0 Å². The number of hydrogen-bond donors (Lipinski definition) is 1. The second-order valence-electron chi connectivity index (χ2n) is 4.19. The van der Waals surface area contributed by atoms with Crippen LogP contribution in [-0.2, 0) is 0 Å². The molecule has 1 aromatic heterocycles. The highest BCUT2D eigenvalue weighted by Gasteiger charge is 2.14. The van der Waals surface area contributed by atoms with Crippen molar-refractivity contribution >= 4 is 0 Å². The normalized spacial score (nSPS) is 12.4. The predicted octanol–water partition coefficient (Wildman–Crippen LogP) is 3.56. The van der Waals surface area contributed by atoms with Gasteiger partial charge in [-0.1, -0.05) is 19.1 Å². The van der Waals surface area contributed by atoms with Crippen molar-refractivity contribution in [3.63, 3.8) is 0 Å². The largest absolute Gasteiger partial charge is 0.482 e. The minimum Gasteiger partial charge on any atom is -0.482 e. The van der Waals surface area contributed by atoms with Gasteiger partial charge in [0.25, 0.3) is 0 Å². The number of H-pyrrole nitrogens is 1. The van der Waals surface area contributed by atoms with Crippen molar-refractivity contribution in [3.8, 4) is 5.75 Å². The van der Waals surface area contributed by atoms with E-state index in [4.69, 9.17) is 4.74 Å². The van der Waals surface area contributed by atoms with Gasteiger partial charge in [-0.2, -0.15) is 0 Å². The third kappa shape index (κ3) is 2.49. The summed E-state index contributed by atoms with van der Waals surface area (Å²) in [5.74, 6) is 1.82. The molecule has 3 nitrogen and oxygen atoms in total. The van der Waals surface area contributed by atoms with Crippen molar-refractivity contribution < 1.29 is 4.74 Å². The molecule has 1 unspecified atom stereocenters. The van der Waals surface area contributed by atoms with Crippen LogP contribution in [-0.4, -0.2) is 9.97 Å². The molecular weight excluding hydrogens is 212 g/mol. The molecule has 1 N–H and O–H groups in total. The Hall–Kier alpha value is -1.77. The molecule has 2 rings (SSSR count). The summed E-state index contributed by atoms with van der Waals surface area (Å²) in [6.45, 7) is 6.27. The maximum Gasteiger partial charge on any atom is 0.156 e. The Kier molecular flexibility index (Phi) is 3.47. The third-order valence-corrected chi connectivity index (χ3v) is 3.02. The van der Waals surface area contributed by atoms with E-state index < -0.39 is 0 Å². The molecular formula is C14H18N2O. The van der Waals surface area contributed by atoms with E-state index in [0.717, 1.165) is 18.0 Å². The van der Waals surface area contributed by atoms with Crippen LogP contribution in [0, 0.1) is 13.8 Å². The number of aromatic amines is 1. The minimum absolute atomic E-state index is 0.00880. The van der Waals surface area contributed by atoms with Crippen LogP contribution in [0.2, 0.25) is 0 Å². The first kappa shape index (κ1) is 11.7. The lowest BCUT2D eigenvalue weighted by Gasteiger charge is -2.17. The van der Waals surface area contributed by atoms with Crippen LogP contribution in [0.3, 0.4) is 0 Å². The van der Waals surface area contributed by atoms with Crippen molar-refractivity contribution in [3.05, 3.63) is 47.5 Å². The van der Waals surface area contributed by atoms with Crippen LogP contribution >= 0.6 is 0 Å². The van der Waals surface area contributed by atoms with Crippen LogP contribution in [0.1, 0.15) is 36.4 Å². The molecule has 0 spiro atoms. The minimum atomic E-state index is -0.00880. The summed E-state index contributed by atoms with van der Waals surface area (Å²) in [5, 5.41) is 0. The van der Waals surface area contributed by atoms with Crippen molar-refractivity contribution in [1.29, 1.82) is 0 Å². The monoisotopic (exact) mass is 230 g/mol. The lowest BCUT2D eigenvalue weighted by atomic mass is 10.1. The molecule has 0 bridgehead atoms. The van der Waals surface area contributed by atoms with Gasteiger partial charge in [-0.25, -0.2) is 4.98 Å². The van der Waals surface area contributed by atoms with E-state index in [1.165, 1.54) is 11.1 Å². The molecule has 0 saturated heterocycles. The van der Waals surface area contributed by atoms with Crippen LogP contribution < -0.4 is 4.74 Å². The van der Waals surface area contributed by atoms with Crippen molar-refractivity contribution in [2.45, 2.75) is 33.3 Å². The maximum absolute atomic E-state index is 6.03. The lowest BCUT2D eigenvalue weighted by Crippen LogP contribution is -2.09. The average Bonchev–Trinajstić information content (AvgIpc) is 2.85. The predicted molar refractivity (Wildman–Crippen MR) is 68.2 cm³/mol. The Morgan fingerprint density at radius 1 is 1.35 bits per heavy atom. The standard InChI is InChI=1S/C14H18N2O/c1-4-12(14-15-8-9-16-14)17-13-7-5-6-10(2)11(13)3/h5-9,12H,4H2,1-3H3,(H,15,16). The summed E-state index contributed by atoms with van der Waals surface area (Å²) in [7, 11) is 0. The highest BCUT2D eigenvalue weighted by molar-refractivity contribution is 5.38. The van der Waals surface area contributed by atoms with E-state index in [1.807, 2.05) is 18.3 Å². The number of benzene rings is 1. The number of nitrogens with zero attached hydrogens (tertiary/aromatic N) is 1. The number of hydrogen-bond acceptors (Lipinski definition) is 2. The molecule has 0 fully saturated rings. The Labute approximate surface area is 102 Å². The van der Waals surface area contributed by atoms with Crippen molar-refractivity contribution in [1.82, 2.24) is 9.97 Å². The summed E-state index contributed by atoms with van der Waals surface area (Å²) in [6.07, 6.45) is 4.46. The SMILES string of the molecule is CCC(Oc1cccc(C)c1C)c1ncc[nH]1. The van der Waals surface area contributed by atoms with Crippen molar-refractivity contribution in [2.75, 3.05) is 0 Å². The van der Waals surface area contributed by atoms with Crippen LogP contribution in [0.4, 0.5) is 0 Å². The van der Waals surface area contributed by atoms with Crippen LogP contribution in [0.25, 0.3) is 0 Å². The summed E-state index contributed by atoms with van der Waals surface area (Å²) in [5.41, 5.74) is 2.44. The molecule has 0 amide bonds. The quantitative estimate of drug-likeness (QED) is 0.872. The zero-order valence-electron chi connectivity index (χ0n) is 10.5. The van der Waals surface area contributed by atoms with Crippen LogP contribution in [0.5, 0.6) is 5.75 Å². The summed E-state index contributed by atoms with van der Waals surface area (Å²) in [6, 6.07) is 6.12. The fraction of sp³-hybridized carbons (Fsp3) is 0.357. The molecule has 2 aromatic rings. The zero-order valence-corrected chi connectivity index (χ0v) is 10.5. The van der Waals surface area contributed by atoms with Gasteiger partial charge in [0, 0.05) is 12.4 Å². The topological polar surface area (TPSA) is 37.9 Å². The van der Waals surface area contributed by atoms with Gasteiger partial charge in [0.2, 0.25) is 0 Å². The molecule has 0 aliphatic rings. The first-order valence-corrected chi connectivity index (χ1v) is 5.94. The Balaban J connectivity index is 2.22.